The molecule has 5 nitrogen and oxygen atoms in total. The van der Waals surface area contributed by atoms with Crippen LogP contribution in [0.25, 0.3) is 0 Å². The fourth-order valence-corrected chi connectivity index (χ4v) is 3.12. The first-order valence-corrected chi connectivity index (χ1v) is 7.37. The molecule has 0 aliphatic heterocycles. The van der Waals surface area contributed by atoms with Crippen LogP contribution >= 0.6 is 0 Å². The predicted octanol–water partition coefficient (Wildman–Crippen LogP) is 1.83. The molecule has 0 radical (unpaired) electrons. The highest BCUT2D eigenvalue weighted by molar-refractivity contribution is 7.89. The molecule has 1 aromatic rings. The number of benzene rings is 1. The number of aryl methyl sites for hydroxylation is 1. The van der Waals surface area contributed by atoms with Crippen LogP contribution in [0.15, 0.2) is 29.7 Å². The van der Waals surface area contributed by atoms with Gasteiger partial charge in [0.1, 0.15) is 10.6 Å². The van der Waals surface area contributed by atoms with Crippen LogP contribution in [-0.4, -0.2) is 21.6 Å². The van der Waals surface area contributed by atoms with Crippen molar-refractivity contribution in [3.05, 3.63) is 30.4 Å². The number of anilines is 1. The Labute approximate surface area is 114 Å². The van der Waals surface area contributed by atoms with Crippen molar-refractivity contribution in [1.82, 2.24) is 4.72 Å². The Balaban J connectivity index is 3.20. The fraction of sp³-hybridized carbons (Fsp3) is 0.385. The molecule has 0 saturated carbocycles. The smallest absolute Gasteiger partial charge is 0.244 e. The van der Waals surface area contributed by atoms with E-state index in [0.29, 0.717) is 12.1 Å². The van der Waals surface area contributed by atoms with E-state index in [2.05, 4.69) is 11.3 Å². The molecule has 0 aliphatic rings. The van der Waals surface area contributed by atoms with E-state index in [0.717, 1.165) is 5.56 Å². The lowest BCUT2D eigenvalue weighted by atomic mass is 10.2. The maximum absolute atomic E-state index is 12.3. The van der Waals surface area contributed by atoms with Crippen molar-refractivity contribution in [2.24, 2.45) is 0 Å². The summed E-state index contributed by atoms with van der Waals surface area (Å²) < 4.78 is 32.2. The van der Waals surface area contributed by atoms with Crippen LogP contribution in [0.2, 0.25) is 0 Å². The van der Waals surface area contributed by atoms with E-state index in [-0.39, 0.29) is 16.7 Å². The number of hydrogen-bond acceptors (Lipinski definition) is 4. The molecule has 0 aliphatic carbocycles. The summed E-state index contributed by atoms with van der Waals surface area (Å²) in [5.41, 5.74) is 6.95. The van der Waals surface area contributed by atoms with Crippen molar-refractivity contribution in [1.29, 1.82) is 0 Å². The van der Waals surface area contributed by atoms with Crippen LogP contribution in [0.5, 0.6) is 5.75 Å². The Morgan fingerprint density at radius 2 is 2.16 bits per heavy atom. The summed E-state index contributed by atoms with van der Waals surface area (Å²) in [5, 5.41) is 0. The van der Waals surface area contributed by atoms with Gasteiger partial charge in [-0.05, 0) is 38.0 Å². The van der Waals surface area contributed by atoms with Gasteiger partial charge in [0.2, 0.25) is 10.0 Å². The molecule has 19 heavy (non-hydrogen) atoms. The number of ether oxygens (including phenoxy) is 1. The van der Waals surface area contributed by atoms with E-state index in [1.807, 2.05) is 0 Å². The number of sulfonamides is 1. The normalized spacial score (nSPS) is 13.0. The summed E-state index contributed by atoms with van der Waals surface area (Å²) >= 11 is 0. The zero-order valence-electron chi connectivity index (χ0n) is 11.4. The molecule has 0 saturated heterocycles. The van der Waals surface area contributed by atoms with Gasteiger partial charge in [0, 0.05) is 11.7 Å². The van der Waals surface area contributed by atoms with Crippen LogP contribution in [0, 0.1) is 6.92 Å². The number of nitrogen functional groups attached to an aromatic ring is 1. The van der Waals surface area contributed by atoms with Gasteiger partial charge in [0.25, 0.3) is 0 Å². The SMILES string of the molecule is C=CCC(C)NS(=O)(=O)c1cc(N)c(C)cc1OC. The fourth-order valence-electron chi connectivity index (χ4n) is 1.67. The summed E-state index contributed by atoms with van der Waals surface area (Å²) in [6.45, 7) is 7.14. The predicted molar refractivity (Wildman–Crippen MR) is 76.7 cm³/mol. The number of nitrogens with one attached hydrogen (secondary N) is 1. The van der Waals surface area contributed by atoms with Crippen LogP contribution in [0.4, 0.5) is 5.69 Å². The van der Waals surface area contributed by atoms with Crippen molar-refractivity contribution in [2.75, 3.05) is 12.8 Å². The third-order valence-corrected chi connectivity index (χ3v) is 4.33. The minimum atomic E-state index is -3.67. The van der Waals surface area contributed by atoms with E-state index >= 15 is 0 Å². The minimum absolute atomic E-state index is 0.0500. The van der Waals surface area contributed by atoms with Gasteiger partial charge in [-0.15, -0.1) is 6.58 Å². The lowest BCUT2D eigenvalue weighted by Crippen LogP contribution is -2.32. The molecule has 6 heteroatoms. The molecule has 1 aromatic carbocycles. The molecule has 0 bridgehead atoms. The molecule has 0 spiro atoms. The van der Waals surface area contributed by atoms with Gasteiger partial charge >= 0.3 is 0 Å². The van der Waals surface area contributed by atoms with Crippen LogP contribution in [0.1, 0.15) is 18.9 Å². The monoisotopic (exact) mass is 284 g/mol. The van der Waals surface area contributed by atoms with Gasteiger partial charge in [-0.2, -0.15) is 0 Å². The topological polar surface area (TPSA) is 81.4 Å². The van der Waals surface area contributed by atoms with Crippen LogP contribution < -0.4 is 15.2 Å². The largest absolute Gasteiger partial charge is 0.495 e. The Morgan fingerprint density at radius 1 is 1.53 bits per heavy atom. The highest BCUT2D eigenvalue weighted by atomic mass is 32.2. The van der Waals surface area contributed by atoms with Crippen molar-refractivity contribution < 1.29 is 13.2 Å². The highest BCUT2D eigenvalue weighted by Gasteiger charge is 2.22. The lowest BCUT2D eigenvalue weighted by molar-refractivity contribution is 0.402. The van der Waals surface area contributed by atoms with Crippen molar-refractivity contribution >= 4 is 15.7 Å². The van der Waals surface area contributed by atoms with Gasteiger partial charge in [0.05, 0.1) is 7.11 Å². The third-order valence-electron chi connectivity index (χ3n) is 2.72. The summed E-state index contributed by atoms with van der Waals surface area (Å²) in [6, 6.07) is 2.79. The first kappa shape index (κ1) is 15.5. The molecule has 106 valence electrons. The zero-order valence-corrected chi connectivity index (χ0v) is 12.3. The van der Waals surface area contributed by atoms with Crippen LogP contribution in [-0.2, 0) is 10.0 Å². The van der Waals surface area contributed by atoms with E-state index in [4.69, 9.17) is 10.5 Å². The summed E-state index contributed by atoms with van der Waals surface area (Å²) in [6.07, 6.45) is 2.21. The van der Waals surface area contributed by atoms with Crippen molar-refractivity contribution in [3.8, 4) is 5.75 Å². The molecule has 1 unspecified atom stereocenters. The molecule has 1 rings (SSSR count). The number of nitrogens with two attached hydrogens (primary N) is 1. The van der Waals surface area contributed by atoms with Gasteiger partial charge in [0.15, 0.2) is 0 Å². The van der Waals surface area contributed by atoms with E-state index in [1.54, 1.807) is 26.0 Å². The molecule has 3 N–H and O–H groups in total. The van der Waals surface area contributed by atoms with Gasteiger partial charge in [-0.1, -0.05) is 6.08 Å². The molecule has 0 heterocycles. The van der Waals surface area contributed by atoms with Gasteiger partial charge in [-0.3, -0.25) is 0 Å². The van der Waals surface area contributed by atoms with E-state index in [9.17, 15) is 8.42 Å². The highest BCUT2D eigenvalue weighted by Crippen LogP contribution is 2.28. The second kappa shape index (κ2) is 6.08. The summed E-state index contributed by atoms with van der Waals surface area (Å²) in [5.74, 6) is 0.282. The molecule has 0 amide bonds. The Bertz CT molecular complexity index is 567. The van der Waals surface area contributed by atoms with Gasteiger partial charge in [-0.25, -0.2) is 13.1 Å². The lowest BCUT2D eigenvalue weighted by Gasteiger charge is -2.16. The minimum Gasteiger partial charge on any atom is -0.495 e. The molecule has 0 fully saturated rings. The van der Waals surface area contributed by atoms with Crippen LogP contribution in [0.3, 0.4) is 0 Å². The maximum Gasteiger partial charge on any atom is 0.244 e. The van der Waals surface area contributed by atoms with Crippen molar-refractivity contribution in [3.63, 3.8) is 0 Å². The number of hydrogen-bond donors (Lipinski definition) is 2. The van der Waals surface area contributed by atoms with E-state index in [1.165, 1.54) is 13.2 Å². The molecule has 0 aromatic heterocycles. The number of methoxy groups -OCH3 is 1. The second-order valence-corrected chi connectivity index (χ2v) is 6.09. The molecular formula is C13H20N2O3S. The zero-order chi connectivity index (χ0) is 14.6. The van der Waals surface area contributed by atoms with E-state index < -0.39 is 10.0 Å². The first-order chi connectivity index (χ1) is 8.81. The van der Waals surface area contributed by atoms with Crippen molar-refractivity contribution in [2.45, 2.75) is 31.2 Å². The summed E-state index contributed by atoms with van der Waals surface area (Å²) in [7, 11) is -2.24. The Morgan fingerprint density at radius 3 is 2.68 bits per heavy atom. The van der Waals surface area contributed by atoms with Gasteiger partial charge < -0.3 is 10.5 Å². The Hall–Kier alpha value is -1.53. The first-order valence-electron chi connectivity index (χ1n) is 5.89. The maximum atomic E-state index is 12.3. The Kier molecular flexibility index (Phi) is 4.97. The quantitative estimate of drug-likeness (QED) is 0.617. The number of rotatable bonds is 6. The molecule has 1 atom stereocenters. The summed E-state index contributed by atoms with van der Waals surface area (Å²) in [4.78, 5) is 0.0500. The second-order valence-electron chi connectivity index (χ2n) is 4.41. The third kappa shape index (κ3) is 3.71. The standard InChI is InChI=1S/C13H20N2O3S/c1-5-6-10(3)15-19(16,17)13-8-11(14)9(2)7-12(13)18-4/h5,7-8,10,15H,1,6,14H2,2-4H3. The molecular weight excluding hydrogens is 264 g/mol. The average molecular weight is 284 g/mol. The average Bonchev–Trinajstić information content (AvgIpc) is 2.31.